The Kier molecular flexibility index (Phi) is 3.14. The van der Waals surface area contributed by atoms with Crippen LogP contribution < -0.4 is 15.5 Å². The van der Waals surface area contributed by atoms with Crippen molar-refractivity contribution in [1.82, 2.24) is 0 Å². The van der Waals surface area contributed by atoms with E-state index in [-0.39, 0.29) is 5.75 Å². The molecular weight excluding hydrogens is 187 g/mol. The molecule has 0 bridgehead atoms. The van der Waals surface area contributed by atoms with E-state index in [1.165, 1.54) is 31.4 Å². The molecule has 1 rings (SSSR count). The number of benzene rings is 1. The molecule has 14 heavy (non-hydrogen) atoms. The summed E-state index contributed by atoms with van der Waals surface area (Å²) in [5.41, 5.74) is 6.46. The maximum absolute atomic E-state index is 13.1. The lowest BCUT2D eigenvalue weighted by atomic mass is 10.2. The SMILES string of the molecule is COc1cc(N(C)OC)c(N)cc1F. The Morgan fingerprint density at radius 1 is 1.36 bits per heavy atom. The van der Waals surface area contributed by atoms with Crippen molar-refractivity contribution >= 4 is 11.4 Å². The van der Waals surface area contributed by atoms with Gasteiger partial charge < -0.3 is 10.5 Å². The summed E-state index contributed by atoms with van der Waals surface area (Å²) in [6.45, 7) is 0. The lowest BCUT2D eigenvalue weighted by Gasteiger charge is -2.18. The van der Waals surface area contributed by atoms with Crippen LogP contribution >= 0.6 is 0 Å². The minimum atomic E-state index is -0.488. The van der Waals surface area contributed by atoms with Gasteiger partial charge in [0.1, 0.15) is 0 Å². The lowest BCUT2D eigenvalue weighted by Crippen LogP contribution is -2.16. The third-order valence-corrected chi connectivity index (χ3v) is 1.91. The van der Waals surface area contributed by atoms with E-state index in [9.17, 15) is 4.39 Å². The molecule has 0 radical (unpaired) electrons. The van der Waals surface area contributed by atoms with E-state index in [0.29, 0.717) is 11.4 Å². The van der Waals surface area contributed by atoms with Crippen LogP contribution in [0.5, 0.6) is 5.75 Å². The fraction of sp³-hybridized carbons (Fsp3) is 0.333. The number of nitrogen functional groups attached to an aromatic ring is 1. The quantitative estimate of drug-likeness (QED) is 0.592. The first-order valence-corrected chi connectivity index (χ1v) is 4.01. The number of nitrogens with zero attached hydrogens (tertiary/aromatic N) is 1. The maximum atomic E-state index is 13.1. The van der Waals surface area contributed by atoms with Crippen LogP contribution in [0.25, 0.3) is 0 Å². The number of anilines is 2. The van der Waals surface area contributed by atoms with Crippen molar-refractivity contribution in [1.29, 1.82) is 0 Å². The van der Waals surface area contributed by atoms with E-state index in [1.807, 2.05) is 0 Å². The first-order chi connectivity index (χ1) is 6.60. The molecule has 0 atom stereocenters. The van der Waals surface area contributed by atoms with Gasteiger partial charge in [0.2, 0.25) is 0 Å². The first-order valence-electron chi connectivity index (χ1n) is 4.01. The lowest BCUT2D eigenvalue weighted by molar-refractivity contribution is 0.185. The van der Waals surface area contributed by atoms with E-state index in [2.05, 4.69) is 0 Å². The van der Waals surface area contributed by atoms with Crippen molar-refractivity contribution < 1.29 is 14.0 Å². The molecule has 4 nitrogen and oxygen atoms in total. The number of hydrogen-bond donors (Lipinski definition) is 1. The van der Waals surface area contributed by atoms with Gasteiger partial charge in [0, 0.05) is 19.2 Å². The van der Waals surface area contributed by atoms with Gasteiger partial charge in [-0.2, -0.15) is 0 Å². The molecule has 5 heteroatoms. The van der Waals surface area contributed by atoms with Crippen LogP contribution in [0.15, 0.2) is 12.1 Å². The standard InChI is InChI=1S/C9H13FN2O2/c1-12(14-3)8-5-9(13-2)6(10)4-7(8)11/h4-5H,11H2,1-3H3. The first kappa shape index (κ1) is 10.6. The maximum Gasteiger partial charge on any atom is 0.167 e. The number of halogens is 1. The minimum absolute atomic E-state index is 0.137. The molecule has 0 unspecified atom stereocenters. The third-order valence-electron chi connectivity index (χ3n) is 1.91. The summed E-state index contributed by atoms with van der Waals surface area (Å²) in [6.07, 6.45) is 0. The molecule has 0 saturated heterocycles. The van der Waals surface area contributed by atoms with Crippen LogP contribution in [0.3, 0.4) is 0 Å². The van der Waals surface area contributed by atoms with Gasteiger partial charge >= 0.3 is 0 Å². The molecule has 0 aliphatic heterocycles. The van der Waals surface area contributed by atoms with Crippen LogP contribution in [-0.4, -0.2) is 21.3 Å². The van der Waals surface area contributed by atoms with Gasteiger partial charge in [0.25, 0.3) is 0 Å². The van der Waals surface area contributed by atoms with E-state index in [0.717, 1.165) is 0 Å². The van der Waals surface area contributed by atoms with Gasteiger partial charge in [-0.25, -0.2) is 4.39 Å². The van der Waals surface area contributed by atoms with Crippen LogP contribution in [0.2, 0.25) is 0 Å². The highest BCUT2D eigenvalue weighted by atomic mass is 19.1. The molecule has 0 aliphatic carbocycles. The predicted octanol–water partition coefficient (Wildman–Crippen LogP) is 1.41. The topological polar surface area (TPSA) is 47.7 Å². The van der Waals surface area contributed by atoms with Gasteiger partial charge in [-0.3, -0.25) is 9.90 Å². The number of hydrogen-bond acceptors (Lipinski definition) is 4. The van der Waals surface area contributed by atoms with E-state index in [1.54, 1.807) is 7.05 Å². The van der Waals surface area contributed by atoms with E-state index in [4.69, 9.17) is 15.3 Å². The molecule has 0 aliphatic rings. The van der Waals surface area contributed by atoms with Crippen LogP contribution in [0.4, 0.5) is 15.8 Å². The molecule has 2 N–H and O–H groups in total. The summed E-state index contributed by atoms with van der Waals surface area (Å²) in [7, 11) is 4.56. The Balaban J connectivity index is 3.17. The zero-order valence-electron chi connectivity index (χ0n) is 8.37. The molecule has 1 aromatic carbocycles. The molecule has 0 spiro atoms. The summed E-state index contributed by atoms with van der Waals surface area (Å²) >= 11 is 0. The molecular formula is C9H13FN2O2. The second kappa shape index (κ2) is 4.15. The molecule has 0 aromatic heterocycles. The Hall–Kier alpha value is -1.49. The Labute approximate surface area is 82.0 Å². The number of ether oxygens (including phenoxy) is 1. The van der Waals surface area contributed by atoms with Crippen molar-refractivity contribution in [2.45, 2.75) is 0 Å². The van der Waals surface area contributed by atoms with Gasteiger partial charge in [-0.05, 0) is 0 Å². The predicted molar refractivity (Wildman–Crippen MR) is 52.8 cm³/mol. The summed E-state index contributed by atoms with van der Waals surface area (Å²) in [5.74, 6) is -0.351. The van der Waals surface area contributed by atoms with E-state index < -0.39 is 5.82 Å². The van der Waals surface area contributed by atoms with Crippen molar-refractivity contribution in [3.05, 3.63) is 17.9 Å². The summed E-state index contributed by atoms with van der Waals surface area (Å²) in [4.78, 5) is 4.93. The zero-order chi connectivity index (χ0) is 10.7. The van der Waals surface area contributed by atoms with Crippen molar-refractivity contribution in [2.75, 3.05) is 32.1 Å². The Morgan fingerprint density at radius 2 is 2.00 bits per heavy atom. The number of hydroxylamine groups is 1. The number of nitrogens with two attached hydrogens (primary N) is 1. The van der Waals surface area contributed by atoms with Crippen molar-refractivity contribution in [2.24, 2.45) is 0 Å². The Morgan fingerprint density at radius 3 is 2.50 bits per heavy atom. The Bertz CT molecular complexity index is 331. The van der Waals surface area contributed by atoms with Crippen molar-refractivity contribution in [3.8, 4) is 5.75 Å². The van der Waals surface area contributed by atoms with E-state index >= 15 is 0 Å². The molecule has 0 heterocycles. The zero-order valence-corrected chi connectivity index (χ0v) is 8.37. The third kappa shape index (κ3) is 1.88. The number of rotatable bonds is 3. The second-order valence-electron chi connectivity index (χ2n) is 2.73. The molecule has 78 valence electrons. The van der Waals surface area contributed by atoms with Crippen LogP contribution in [-0.2, 0) is 4.84 Å². The fourth-order valence-electron chi connectivity index (χ4n) is 1.09. The molecule has 0 amide bonds. The fourth-order valence-corrected chi connectivity index (χ4v) is 1.09. The molecule has 0 saturated carbocycles. The molecule has 0 fully saturated rings. The van der Waals surface area contributed by atoms with Crippen LogP contribution in [0, 0.1) is 5.82 Å². The average Bonchev–Trinajstić information content (AvgIpc) is 2.17. The normalized spacial score (nSPS) is 10.0. The highest BCUT2D eigenvalue weighted by Gasteiger charge is 2.11. The minimum Gasteiger partial charge on any atom is -0.494 e. The van der Waals surface area contributed by atoms with Gasteiger partial charge in [-0.1, -0.05) is 0 Å². The molecule has 1 aromatic rings. The van der Waals surface area contributed by atoms with Crippen LogP contribution in [0.1, 0.15) is 0 Å². The average molecular weight is 200 g/mol. The smallest absolute Gasteiger partial charge is 0.167 e. The number of methoxy groups -OCH3 is 1. The van der Waals surface area contributed by atoms with Gasteiger partial charge in [0.05, 0.1) is 25.6 Å². The second-order valence-corrected chi connectivity index (χ2v) is 2.73. The highest BCUT2D eigenvalue weighted by molar-refractivity contribution is 5.68. The van der Waals surface area contributed by atoms with Gasteiger partial charge in [0.15, 0.2) is 11.6 Å². The summed E-state index contributed by atoms with van der Waals surface area (Å²) in [6, 6.07) is 2.68. The summed E-state index contributed by atoms with van der Waals surface area (Å²) in [5, 5.41) is 1.43. The highest BCUT2D eigenvalue weighted by Crippen LogP contribution is 2.30. The monoisotopic (exact) mass is 200 g/mol. The largest absolute Gasteiger partial charge is 0.494 e. The summed E-state index contributed by atoms with van der Waals surface area (Å²) < 4.78 is 18.0. The van der Waals surface area contributed by atoms with Gasteiger partial charge in [-0.15, -0.1) is 0 Å². The van der Waals surface area contributed by atoms with Crippen molar-refractivity contribution in [3.63, 3.8) is 0 Å².